The third-order valence-corrected chi connectivity index (χ3v) is 6.09. The van der Waals surface area contributed by atoms with Crippen LogP contribution in [0.1, 0.15) is 70.2 Å². The van der Waals surface area contributed by atoms with E-state index in [1.165, 1.54) is 6.92 Å². The largest absolute Gasteiger partial charge is 0.482 e. The number of hydrogen-bond acceptors (Lipinski definition) is 5. The molecular weight excluding hydrogens is 370 g/mol. The van der Waals surface area contributed by atoms with Crippen molar-refractivity contribution in [3.8, 4) is 5.75 Å². The SMILES string of the molecule is CCC(C)(C)C1CCC(NC(=O)COC(=O)COc2ccc(C(C)=O)cc2)CC1. The summed E-state index contributed by atoms with van der Waals surface area (Å²) in [6.07, 6.45) is 5.32. The first-order valence-electron chi connectivity index (χ1n) is 10.4. The Labute approximate surface area is 173 Å². The van der Waals surface area contributed by atoms with Crippen molar-refractivity contribution in [3.63, 3.8) is 0 Å². The van der Waals surface area contributed by atoms with E-state index in [2.05, 4.69) is 26.1 Å². The summed E-state index contributed by atoms with van der Waals surface area (Å²) in [5.41, 5.74) is 0.917. The topological polar surface area (TPSA) is 81.7 Å². The molecule has 1 fully saturated rings. The van der Waals surface area contributed by atoms with Crippen LogP contribution in [0.15, 0.2) is 24.3 Å². The maximum absolute atomic E-state index is 12.1. The molecule has 0 aliphatic heterocycles. The monoisotopic (exact) mass is 403 g/mol. The van der Waals surface area contributed by atoms with Gasteiger partial charge in [-0.1, -0.05) is 27.2 Å². The highest BCUT2D eigenvalue weighted by molar-refractivity contribution is 5.94. The van der Waals surface area contributed by atoms with E-state index in [0.717, 1.165) is 32.1 Å². The molecule has 0 radical (unpaired) electrons. The maximum atomic E-state index is 12.1. The molecule has 6 nitrogen and oxygen atoms in total. The van der Waals surface area contributed by atoms with Crippen LogP contribution in [0.3, 0.4) is 0 Å². The smallest absolute Gasteiger partial charge is 0.344 e. The quantitative estimate of drug-likeness (QED) is 0.499. The van der Waals surface area contributed by atoms with E-state index in [9.17, 15) is 14.4 Å². The van der Waals surface area contributed by atoms with Gasteiger partial charge in [0, 0.05) is 11.6 Å². The molecule has 0 unspecified atom stereocenters. The number of ketones is 1. The summed E-state index contributed by atoms with van der Waals surface area (Å²) >= 11 is 0. The van der Waals surface area contributed by atoms with Gasteiger partial charge in [0.05, 0.1) is 0 Å². The van der Waals surface area contributed by atoms with Crippen LogP contribution in [0.4, 0.5) is 0 Å². The predicted molar refractivity (Wildman–Crippen MR) is 111 cm³/mol. The Kier molecular flexibility index (Phi) is 8.23. The van der Waals surface area contributed by atoms with Crippen molar-refractivity contribution in [1.29, 1.82) is 0 Å². The summed E-state index contributed by atoms with van der Waals surface area (Å²) in [6.45, 7) is 7.75. The standard InChI is InChI=1S/C23H33NO5/c1-5-23(3,4)18-8-10-19(11-9-18)24-21(26)14-29-22(27)15-28-20-12-6-17(7-13-20)16(2)25/h6-7,12-13,18-19H,5,8-11,14-15H2,1-4H3,(H,24,26). The Morgan fingerprint density at radius 3 is 2.21 bits per heavy atom. The first-order valence-corrected chi connectivity index (χ1v) is 10.4. The number of nitrogens with one attached hydrogen (secondary N) is 1. The highest BCUT2D eigenvalue weighted by Gasteiger charge is 2.32. The minimum atomic E-state index is -0.607. The van der Waals surface area contributed by atoms with Crippen molar-refractivity contribution in [1.82, 2.24) is 5.32 Å². The average Bonchev–Trinajstić information content (AvgIpc) is 2.71. The van der Waals surface area contributed by atoms with Crippen LogP contribution in [0.2, 0.25) is 0 Å². The van der Waals surface area contributed by atoms with Gasteiger partial charge < -0.3 is 14.8 Å². The number of benzene rings is 1. The van der Waals surface area contributed by atoms with Gasteiger partial charge in [0.15, 0.2) is 19.0 Å². The molecule has 0 atom stereocenters. The Balaban J connectivity index is 1.65. The Morgan fingerprint density at radius 1 is 1.03 bits per heavy atom. The molecule has 1 N–H and O–H groups in total. The Morgan fingerprint density at radius 2 is 1.66 bits per heavy atom. The van der Waals surface area contributed by atoms with E-state index in [-0.39, 0.29) is 30.9 Å². The number of ether oxygens (including phenoxy) is 2. The lowest BCUT2D eigenvalue weighted by Gasteiger charge is -2.39. The lowest BCUT2D eigenvalue weighted by Crippen LogP contribution is -2.41. The van der Waals surface area contributed by atoms with Gasteiger partial charge >= 0.3 is 5.97 Å². The zero-order valence-electron chi connectivity index (χ0n) is 18.0. The molecule has 0 bridgehead atoms. The molecular formula is C23H33NO5. The molecule has 0 aromatic heterocycles. The van der Waals surface area contributed by atoms with E-state index in [1.807, 2.05) is 0 Å². The average molecular weight is 404 g/mol. The highest BCUT2D eigenvalue weighted by atomic mass is 16.6. The number of Topliss-reactive ketones (excluding diaryl/α,β-unsaturated/α-hetero) is 1. The summed E-state index contributed by atoms with van der Waals surface area (Å²) < 4.78 is 10.3. The lowest BCUT2D eigenvalue weighted by molar-refractivity contribution is -0.150. The van der Waals surface area contributed by atoms with Crippen molar-refractivity contribution in [2.24, 2.45) is 11.3 Å². The molecule has 1 aliphatic rings. The van der Waals surface area contributed by atoms with Crippen molar-refractivity contribution >= 4 is 17.7 Å². The summed E-state index contributed by atoms with van der Waals surface area (Å²) in [4.78, 5) is 35.1. The van der Waals surface area contributed by atoms with Crippen LogP contribution in [0, 0.1) is 11.3 Å². The van der Waals surface area contributed by atoms with Crippen LogP contribution in [-0.2, 0) is 14.3 Å². The fourth-order valence-electron chi connectivity index (χ4n) is 3.69. The third-order valence-electron chi connectivity index (χ3n) is 6.09. The number of hydrogen-bond donors (Lipinski definition) is 1. The van der Waals surface area contributed by atoms with Crippen molar-refractivity contribution < 1.29 is 23.9 Å². The van der Waals surface area contributed by atoms with Crippen molar-refractivity contribution in [2.75, 3.05) is 13.2 Å². The van der Waals surface area contributed by atoms with Gasteiger partial charge in [0.1, 0.15) is 5.75 Å². The Bertz CT molecular complexity index is 702. The highest BCUT2D eigenvalue weighted by Crippen LogP contribution is 2.40. The fraction of sp³-hybridized carbons (Fsp3) is 0.609. The molecule has 0 saturated heterocycles. The number of amides is 1. The third kappa shape index (κ3) is 7.18. The first kappa shape index (κ1) is 22.9. The van der Waals surface area contributed by atoms with Crippen LogP contribution in [-0.4, -0.2) is 36.9 Å². The zero-order valence-corrected chi connectivity index (χ0v) is 18.0. The fourth-order valence-corrected chi connectivity index (χ4v) is 3.69. The molecule has 1 amide bonds. The number of esters is 1. The van der Waals surface area contributed by atoms with Gasteiger partial charge in [-0.15, -0.1) is 0 Å². The molecule has 0 spiro atoms. The summed E-state index contributed by atoms with van der Waals surface area (Å²) in [5, 5.41) is 2.97. The minimum absolute atomic E-state index is 0.0375. The zero-order chi connectivity index (χ0) is 21.4. The molecule has 1 saturated carbocycles. The van der Waals surface area contributed by atoms with Crippen LogP contribution in [0.5, 0.6) is 5.75 Å². The summed E-state index contributed by atoms with van der Waals surface area (Å²) in [6, 6.07) is 6.65. The normalized spacial score (nSPS) is 19.3. The van der Waals surface area contributed by atoms with Crippen LogP contribution in [0.25, 0.3) is 0 Å². The van der Waals surface area contributed by atoms with Gasteiger partial charge in [-0.05, 0) is 68.2 Å². The predicted octanol–water partition coefficient (Wildman–Crippen LogP) is 3.92. The molecule has 1 aromatic carbocycles. The Hall–Kier alpha value is -2.37. The van der Waals surface area contributed by atoms with E-state index in [0.29, 0.717) is 22.6 Å². The summed E-state index contributed by atoms with van der Waals surface area (Å²) in [5.74, 6) is 0.236. The first-order chi connectivity index (χ1) is 13.7. The molecule has 2 rings (SSSR count). The lowest BCUT2D eigenvalue weighted by atomic mass is 9.69. The van der Waals surface area contributed by atoms with E-state index in [4.69, 9.17) is 9.47 Å². The van der Waals surface area contributed by atoms with E-state index >= 15 is 0 Å². The van der Waals surface area contributed by atoms with Gasteiger partial charge in [-0.2, -0.15) is 0 Å². The van der Waals surface area contributed by atoms with Gasteiger partial charge in [-0.25, -0.2) is 4.79 Å². The second kappa shape index (κ2) is 10.4. The maximum Gasteiger partial charge on any atom is 0.344 e. The van der Waals surface area contributed by atoms with E-state index < -0.39 is 5.97 Å². The molecule has 29 heavy (non-hydrogen) atoms. The molecule has 1 aromatic rings. The second-order valence-electron chi connectivity index (χ2n) is 8.49. The van der Waals surface area contributed by atoms with Gasteiger partial charge in [-0.3, -0.25) is 9.59 Å². The molecule has 6 heteroatoms. The number of carbonyl (C=O) groups is 3. The van der Waals surface area contributed by atoms with Gasteiger partial charge in [0.25, 0.3) is 5.91 Å². The second-order valence-corrected chi connectivity index (χ2v) is 8.49. The van der Waals surface area contributed by atoms with E-state index in [1.54, 1.807) is 24.3 Å². The minimum Gasteiger partial charge on any atom is -0.482 e. The van der Waals surface area contributed by atoms with Crippen LogP contribution < -0.4 is 10.1 Å². The molecule has 0 heterocycles. The molecule has 1 aliphatic carbocycles. The van der Waals surface area contributed by atoms with Crippen LogP contribution >= 0.6 is 0 Å². The summed E-state index contributed by atoms with van der Waals surface area (Å²) in [7, 11) is 0. The van der Waals surface area contributed by atoms with Crippen molar-refractivity contribution in [3.05, 3.63) is 29.8 Å². The number of carbonyl (C=O) groups excluding carboxylic acids is 3. The number of rotatable bonds is 9. The molecule has 160 valence electrons. The van der Waals surface area contributed by atoms with Crippen molar-refractivity contribution in [2.45, 2.75) is 65.8 Å². The van der Waals surface area contributed by atoms with Gasteiger partial charge in [0.2, 0.25) is 0 Å².